The van der Waals surface area contributed by atoms with Gasteiger partial charge in [0, 0.05) is 0 Å². The quantitative estimate of drug-likeness (QED) is 0.439. The first kappa shape index (κ1) is 23.6. The first-order chi connectivity index (χ1) is 14.6. The molecule has 0 aromatic rings. The van der Waals surface area contributed by atoms with E-state index < -0.39 is 0 Å². The summed E-state index contributed by atoms with van der Waals surface area (Å²) in [7, 11) is 0. The third kappa shape index (κ3) is 3.79. The maximum atomic E-state index is 10.5. The maximum absolute atomic E-state index is 10.5. The highest BCUT2D eigenvalue weighted by Gasteiger charge is 2.59. The Morgan fingerprint density at radius 2 is 1.74 bits per heavy atom. The number of hydrogen-bond acceptors (Lipinski definition) is 1. The van der Waals surface area contributed by atoms with Gasteiger partial charge in [-0.3, -0.25) is 0 Å². The maximum Gasteiger partial charge on any atom is 0.0568 e. The van der Waals surface area contributed by atoms with E-state index in [0.717, 1.165) is 30.1 Å². The van der Waals surface area contributed by atoms with Crippen molar-refractivity contribution in [3.8, 4) is 0 Å². The smallest absolute Gasteiger partial charge is 0.0568 e. The van der Waals surface area contributed by atoms with Crippen LogP contribution < -0.4 is 0 Å². The van der Waals surface area contributed by atoms with Crippen molar-refractivity contribution in [2.45, 2.75) is 112 Å². The average molecular weight is 427 g/mol. The Hall–Kier alpha value is -0.560. The van der Waals surface area contributed by atoms with Gasteiger partial charge in [0.05, 0.1) is 6.10 Å². The predicted octanol–water partition coefficient (Wildman–Crippen LogP) is 8.19. The van der Waals surface area contributed by atoms with Gasteiger partial charge in [0.25, 0.3) is 0 Å². The number of fused-ring (bicyclic) bond motifs is 5. The minimum absolute atomic E-state index is 0.0773. The van der Waals surface area contributed by atoms with Crippen LogP contribution in [0.2, 0.25) is 0 Å². The van der Waals surface area contributed by atoms with Crippen LogP contribution in [0.15, 0.2) is 23.3 Å². The Morgan fingerprint density at radius 3 is 2.42 bits per heavy atom. The number of rotatable bonds is 5. The summed E-state index contributed by atoms with van der Waals surface area (Å²) in [5, 5.41) is 10.5. The molecule has 0 aromatic heterocycles. The van der Waals surface area contributed by atoms with Crippen molar-refractivity contribution in [2.24, 2.45) is 52.3 Å². The van der Waals surface area contributed by atoms with Gasteiger partial charge in [0.2, 0.25) is 0 Å². The van der Waals surface area contributed by atoms with Gasteiger partial charge in [-0.2, -0.15) is 0 Å². The summed E-state index contributed by atoms with van der Waals surface area (Å²) in [5.41, 5.74) is 4.45. The van der Waals surface area contributed by atoms with E-state index in [1.54, 1.807) is 5.57 Å². The molecule has 31 heavy (non-hydrogen) atoms. The van der Waals surface area contributed by atoms with Gasteiger partial charge in [0.15, 0.2) is 0 Å². The lowest BCUT2D eigenvalue weighted by molar-refractivity contribution is -0.0773. The summed E-state index contributed by atoms with van der Waals surface area (Å²) in [6, 6.07) is 0. The highest BCUT2D eigenvalue weighted by Crippen LogP contribution is 2.67. The van der Waals surface area contributed by atoms with Crippen LogP contribution in [-0.4, -0.2) is 11.2 Å². The second kappa shape index (κ2) is 8.66. The van der Waals surface area contributed by atoms with Crippen LogP contribution in [0.1, 0.15) is 106 Å². The first-order valence-electron chi connectivity index (χ1n) is 13.7. The largest absolute Gasteiger partial charge is 0.393 e. The number of aliphatic hydroxyl groups excluding tert-OH is 1. The van der Waals surface area contributed by atoms with E-state index in [9.17, 15) is 5.11 Å². The van der Waals surface area contributed by atoms with Gasteiger partial charge in [-0.1, -0.05) is 64.8 Å². The summed E-state index contributed by atoms with van der Waals surface area (Å²) in [5.74, 6) is 5.16. The highest BCUT2D eigenvalue weighted by atomic mass is 16.3. The van der Waals surface area contributed by atoms with E-state index in [1.807, 2.05) is 5.57 Å². The zero-order valence-electron chi connectivity index (χ0n) is 21.6. The average Bonchev–Trinajstić information content (AvgIpc) is 3.08. The van der Waals surface area contributed by atoms with Crippen LogP contribution in [0.25, 0.3) is 0 Å². The van der Waals surface area contributed by atoms with E-state index in [1.165, 1.54) is 51.4 Å². The number of hydrogen-bond donors (Lipinski definition) is 1. The molecule has 0 amide bonds. The Kier molecular flexibility index (Phi) is 6.59. The minimum atomic E-state index is -0.0773. The molecule has 0 spiro atoms. The topological polar surface area (TPSA) is 20.2 Å². The molecule has 3 saturated carbocycles. The predicted molar refractivity (Wildman–Crippen MR) is 133 cm³/mol. The molecule has 0 radical (unpaired) electrons. The standard InChI is InChI=1S/C30H50O/c1-8-22(19(2)3)10-9-20(4)24-13-14-26-23-11-12-25-21(5)28(31)16-18-30(25,7)27(23)15-17-29(24,26)6/h8,11,19-21,24-28,31H,9-10,12-18H2,1-7H3/b22-8-/t20-,21+,24-,25+,26-,27+,28+,29-,30+/m1/s1. The molecule has 3 fully saturated rings. The molecular weight excluding hydrogens is 376 g/mol. The van der Waals surface area contributed by atoms with E-state index in [-0.39, 0.29) is 6.10 Å². The van der Waals surface area contributed by atoms with Gasteiger partial charge >= 0.3 is 0 Å². The SMILES string of the molecule is C/C=C(/CC[C@@H](C)[C@H]1CC[C@@H]2C3=CC[C@H]4[C@H](C)[C@@H](O)CC[C@]4(C)[C@H]3CC[C@@]21C)C(C)C. The molecule has 0 heterocycles. The van der Waals surface area contributed by atoms with E-state index in [4.69, 9.17) is 0 Å². The molecular formula is C30H50O. The van der Waals surface area contributed by atoms with Crippen molar-refractivity contribution >= 4 is 0 Å². The molecule has 0 unspecified atom stereocenters. The monoisotopic (exact) mass is 426 g/mol. The van der Waals surface area contributed by atoms with E-state index in [2.05, 4.69) is 60.6 Å². The van der Waals surface area contributed by atoms with Crippen molar-refractivity contribution in [3.05, 3.63) is 23.3 Å². The Bertz CT molecular complexity index is 716. The van der Waals surface area contributed by atoms with Gasteiger partial charge in [0.1, 0.15) is 0 Å². The molecule has 0 saturated heterocycles. The normalized spacial score (nSPS) is 46.2. The lowest BCUT2D eigenvalue weighted by atomic mass is 9.46. The van der Waals surface area contributed by atoms with Crippen LogP contribution >= 0.6 is 0 Å². The highest BCUT2D eigenvalue weighted by molar-refractivity contribution is 5.28. The van der Waals surface area contributed by atoms with Crippen molar-refractivity contribution in [1.82, 2.24) is 0 Å². The fourth-order valence-electron chi connectivity index (χ4n) is 9.28. The first-order valence-corrected chi connectivity index (χ1v) is 13.7. The fraction of sp³-hybridized carbons (Fsp3) is 0.867. The molecule has 0 aromatic carbocycles. The van der Waals surface area contributed by atoms with Gasteiger partial charge in [-0.05, 0) is 117 Å². The fourth-order valence-corrected chi connectivity index (χ4v) is 9.28. The molecule has 1 heteroatoms. The molecule has 176 valence electrons. The summed E-state index contributed by atoms with van der Waals surface area (Å²) < 4.78 is 0. The van der Waals surface area contributed by atoms with Crippen LogP contribution in [0.3, 0.4) is 0 Å². The van der Waals surface area contributed by atoms with E-state index in [0.29, 0.717) is 28.6 Å². The van der Waals surface area contributed by atoms with Crippen LogP contribution in [0.4, 0.5) is 0 Å². The molecule has 4 aliphatic carbocycles. The number of aliphatic hydroxyl groups is 1. The summed E-state index contributed by atoms with van der Waals surface area (Å²) in [6.45, 7) is 17.1. The molecule has 0 bridgehead atoms. The van der Waals surface area contributed by atoms with Crippen molar-refractivity contribution in [3.63, 3.8) is 0 Å². The second-order valence-electron chi connectivity index (χ2n) is 12.9. The van der Waals surface area contributed by atoms with Gasteiger partial charge in [-0.15, -0.1) is 0 Å². The Morgan fingerprint density at radius 1 is 1.06 bits per heavy atom. The molecule has 9 atom stereocenters. The van der Waals surface area contributed by atoms with Crippen LogP contribution in [0.5, 0.6) is 0 Å². The second-order valence-corrected chi connectivity index (χ2v) is 12.9. The van der Waals surface area contributed by atoms with Crippen molar-refractivity contribution < 1.29 is 5.11 Å². The Labute approximate surface area is 193 Å². The minimum Gasteiger partial charge on any atom is -0.393 e. The van der Waals surface area contributed by atoms with Gasteiger partial charge < -0.3 is 5.11 Å². The van der Waals surface area contributed by atoms with E-state index >= 15 is 0 Å². The zero-order chi connectivity index (χ0) is 22.6. The lowest BCUT2D eigenvalue weighted by Gasteiger charge is -2.59. The third-order valence-corrected chi connectivity index (χ3v) is 11.3. The van der Waals surface area contributed by atoms with Crippen LogP contribution in [0, 0.1) is 52.3 Å². The summed E-state index contributed by atoms with van der Waals surface area (Å²) in [4.78, 5) is 0. The summed E-state index contributed by atoms with van der Waals surface area (Å²) >= 11 is 0. The van der Waals surface area contributed by atoms with Crippen molar-refractivity contribution in [1.29, 1.82) is 0 Å². The Balaban J connectivity index is 1.51. The third-order valence-electron chi connectivity index (χ3n) is 11.3. The molecule has 1 N–H and O–H groups in total. The molecule has 4 aliphatic rings. The number of allylic oxidation sites excluding steroid dienone is 4. The zero-order valence-corrected chi connectivity index (χ0v) is 21.6. The molecule has 0 aliphatic heterocycles. The lowest BCUT2D eigenvalue weighted by Crippen LogP contribution is -2.52. The van der Waals surface area contributed by atoms with Crippen molar-refractivity contribution in [2.75, 3.05) is 0 Å². The molecule has 1 nitrogen and oxygen atoms in total. The van der Waals surface area contributed by atoms with Gasteiger partial charge in [-0.25, -0.2) is 0 Å². The summed E-state index contributed by atoms with van der Waals surface area (Å²) in [6.07, 6.45) is 16.8. The van der Waals surface area contributed by atoms with Crippen LogP contribution in [-0.2, 0) is 0 Å². The molecule has 4 rings (SSSR count).